The van der Waals surface area contributed by atoms with Crippen LogP contribution in [0.1, 0.15) is 34.6 Å². The molecule has 8 nitrogen and oxygen atoms in total. The van der Waals surface area contributed by atoms with Gasteiger partial charge in [0.15, 0.2) is 0 Å². The Bertz CT molecular complexity index is 709. The van der Waals surface area contributed by atoms with Gasteiger partial charge in [-0.15, -0.1) is 0 Å². The van der Waals surface area contributed by atoms with E-state index in [2.05, 4.69) is 0 Å². The van der Waals surface area contributed by atoms with Gasteiger partial charge in [0.2, 0.25) is 0 Å². The number of methoxy groups -OCH3 is 2. The van der Waals surface area contributed by atoms with Gasteiger partial charge in [-0.3, -0.25) is 9.59 Å². The van der Waals surface area contributed by atoms with E-state index in [0.717, 1.165) is 10.3 Å². The summed E-state index contributed by atoms with van der Waals surface area (Å²) in [4.78, 5) is 36.8. The maximum atomic E-state index is 13.0. The summed E-state index contributed by atoms with van der Waals surface area (Å²) >= 11 is 0. The highest BCUT2D eigenvalue weighted by Crippen LogP contribution is 2.18. The van der Waals surface area contributed by atoms with Crippen molar-refractivity contribution >= 4 is 11.8 Å². The third kappa shape index (κ3) is 4.99. The van der Waals surface area contributed by atoms with Gasteiger partial charge >= 0.3 is 0 Å². The van der Waals surface area contributed by atoms with Crippen molar-refractivity contribution in [3.63, 3.8) is 0 Å². The molecule has 150 valence electrons. The molecule has 0 spiro atoms. The number of carbonyl (C=O) groups is 2. The van der Waals surface area contributed by atoms with E-state index >= 15 is 0 Å². The minimum atomic E-state index is -0.556. The Morgan fingerprint density at radius 2 is 1.00 bits per heavy atom. The summed E-state index contributed by atoms with van der Waals surface area (Å²) < 4.78 is 10.2. The van der Waals surface area contributed by atoms with Gasteiger partial charge in [0.25, 0.3) is 11.8 Å². The van der Waals surface area contributed by atoms with Crippen LogP contribution in [-0.2, 0) is 9.68 Å². The van der Waals surface area contributed by atoms with E-state index in [1.54, 1.807) is 62.4 Å². The summed E-state index contributed by atoms with van der Waals surface area (Å²) in [6.45, 7) is 3.72. The van der Waals surface area contributed by atoms with Gasteiger partial charge in [-0.05, 0) is 62.4 Å². The predicted octanol–water partition coefficient (Wildman–Crippen LogP) is 3.11. The highest BCUT2D eigenvalue weighted by Gasteiger charge is 2.30. The van der Waals surface area contributed by atoms with Crippen LogP contribution in [0.3, 0.4) is 0 Å². The van der Waals surface area contributed by atoms with Gasteiger partial charge in [-0.2, -0.15) is 0 Å². The van der Waals surface area contributed by atoms with Crippen LogP contribution < -0.4 is 9.47 Å². The highest BCUT2D eigenvalue weighted by molar-refractivity contribution is 5.98. The lowest BCUT2D eigenvalue weighted by molar-refractivity contribution is -0.341. The first kappa shape index (κ1) is 21.2. The average Bonchev–Trinajstić information content (AvgIpc) is 2.75. The Morgan fingerprint density at radius 3 is 1.25 bits per heavy atom. The van der Waals surface area contributed by atoms with Gasteiger partial charge in [-0.1, -0.05) is 10.3 Å². The number of rotatable bonds is 8. The zero-order valence-electron chi connectivity index (χ0n) is 16.4. The van der Waals surface area contributed by atoms with Crippen LogP contribution in [0, 0.1) is 0 Å². The molecule has 0 aliphatic carbocycles. The molecule has 0 unspecified atom stereocenters. The lowest BCUT2D eigenvalue weighted by atomic mass is 10.2. The lowest BCUT2D eigenvalue weighted by Crippen LogP contribution is -2.49. The van der Waals surface area contributed by atoms with Crippen LogP contribution in [0.2, 0.25) is 0 Å². The molecule has 0 N–H and O–H groups in total. The van der Waals surface area contributed by atoms with E-state index in [0.29, 0.717) is 22.6 Å². The molecule has 0 heterocycles. The molecule has 0 aliphatic rings. The van der Waals surface area contributed by atoms with Gasteiger partial charge in [-0.25, -0.2) is 9.68 Å². The first-order valence-corrected chi connectivity index (χ1v) is 8.78. The summed E-state index contributed by atoms with van der Waals surface area (Å²) in [6.07, 6.45) is 0. The Labute approximate surface area is 164 Å². The van der Waals surface area contributed by atoms with Crippen LogP contribution in [0.25, 0.3) is 0 Å². The minimum Gasteiger partial charge on any atom is -0.497 e. The van der Waals surface area contributed by atoms with Crippen molar-refractivity contribution in [3.8, 4) is 11.5 Å². The van der Waals surface area contributed by atoms with Gasteiger partial charge in [0.05, 0.1) is 27.4 Å². The second-order valence-electron chi connectivity index (χ2n) is 5.45. The fourth-order valence-electron chi connectivity index (χ4n) is 2.32. The third-order valence-corrected chi connectivity index (χ3v) is 3.69. The minimum absolute atomic E-state index is 0.154. The molecule has 28 heavy (non-hydrogen) atoms. The number of amides is 2. The molecule has 8 heteroatoms. The zero-order valence-corrected chi connectivity index (χ0v) is 16.4. The summed E-state index contributed by atoms with van der Waals surface area (Å²) in [7, 11) is 3.07. The molecule has 0 aromatic heterocycles. The summed E-state index contributed by atoms with van der Waals surface area (Å²) in [6, 6.07) is 12.9. The third-order valence-electron chi connectivity index (χ3n) is 3.69. The molecule has 2 aromatic carbocycles. The van der Waals surface area contributed by atoms with E-state index in [4.69, 9.17) is 19.1 Å². The van der Waals surface area contributed by atoms with Crippen LogP contribution in [0.15, 0.2) is 48.5 Å². The number of ether oxygens (including phenoxy) is 2. The van der Waals surface area contributed by atoms with Crippen molar-refractivity contribution in [1.29, 1.82) is 0 Å². The Hall–Kier alpha value is -3.10. The monoisotopic (exact) mass is 388 g/mol. The van der Waals surface area contributed by atoms with Gasteiger partial charge in [0.1, 0.15) is 11.5 Å². The maximum absolute atomic E-state index is 13.0. The molecule has 0 aliphatic heterocycles. The van der Waals surface area contributed by atoms with E-state index in [9.17, 15) is 9.59 Å². The summed E-state index contributed by atoms with van der Waals surface area (Å²) in [5.74, 6) is 0.102. The number of carbonyl (C=O) groups excluding carboxylic acids is 2. The topological polar surface area (TPSA) is 77.5 Å². The fraction of sp³-hybridized carbons (Fsp3) is 0.300. The Kier molecular flexibility index (Phi) is 7.79. The van der Waals surface area contributed by atoms with Crippen LogP contribution in [0.5, 0.6) is 11.5 Å². The molecular weight excluding hydrogens is 364 g/mol. The number of hydrazine groups is 1. The second-order valence-corrected chi connectivity index (χ2v) is 5.45. The molecule has 0 saturated carbocycles. The molecule has 2 aromatic rings. The first-order chi connectivity index (χ1) is 13.5. The Morgan fingerprint density at radius 1 is 0.679 bits per heavy atom. The molecule has 0 fully saturated rings. The summed E-state index contributed by atoms with van der Waals surface area (Å²) in [5, 5.41) is 1.63. The highest BCUT2D eigenvalue weighted by atomic mass is 16.8. The van der Waals surface area contributed by atoms with Crippen molar-refractivity contribution < 1.29 is 28.7 Å². The van der Waals surface area contributed by atoms with Crippen molar-refractivity contribution in [2.24, 2.45) is 0 Å². The summed E-state index contributed by atoms with van der Waals surface area (Å²) in [5.41, 5.74) is 0.614. The van der Waals surface area contributed by atoms with Crippen molar-refractivity contribution in [1.82, 2.24) is 10.3 Å². The maximum Gasteiger partial charge on any atom is 0.299 e. The van der Waals surface area contributed by atoms with Gasteiger partial charge in [0, 0.05) is 11.1 Å². The van der Waals surface area contributed by atoms with Gasteiger partial charge < -0.3 is 9.47 Å². The van der Waals surface area contributed by atoms with Crippen molar-refractivity contribution in [3.05, 3.63) is 59.7 Å². The average molecular weight is 388 g/mol. The second kappa shape index (κ2) is 10.3. The fourth-order valence-corrected chi connectivity index (χ4v) is 2.32. The number of nitrogens with zero attached hydrogens (tertiary/aromatic N) is 2. The van der Waals surface area contributed by atoms with Crippen LogP contribution in [0.4, 0.5) is 0 Å². The Balaban J connectivity index is 2.33. The van der Waals surface area contributed by atoms with Crippen LogP contribution in [-0.4, -0.2) is 49.6 Å². The first-order valence-electron chi connectivity index (χ1n) is 8.78. The molecular formula is C20H24N2O6. The number of benzene rings is 2. The number of hydrogen-bond acceptors (Lipinski definition) is 6. The lowest BCUT2D eigenvalue weighted by Gasteiger charge is -2.31. The molecule has 0 radical (unpaired) electrons. The van der Waals surface area contributed by atoms with E-state index in [-0.39, 0.29) is 13.2 Å². The largest absolute Gasteiger partial charge is 0.497 e. The molecule has 0 bridgehead atoms. The molecule has 2 amide bonds. The standard InChI is InChI=1S/C20H24N2O6/c1-5-27-21(19(23)15-7-11-17(25-3)12-8-15)22(28-6-2)20(24)16-9-13-18(26-4)14-10-16/h7-14H,5-6H2,1-4H3. The normalized spacial score (nSPS) is 10.3. The molecule has 0 saturated heterocycles. The quantitative estimate of drug-likeness (QED) is 0.647. The zero-order chi connectivity index (χ0) is 20.5. The van der Waals surface area contributed by atoms with Crippen LogP contribution >= 0.6 is 0 Å². The predicted molar refractivity (Wildman–Crippen MR) is 102 cm³/mol. The number of hydroxylamine groups is 2. The van der Waals surface area contributed by atoms with E-state index in [1.807, 2.05) is 0 Å². The smallest absolute Gasteiger partial charge is 0.299 e. The molecule has 2 rings (SSSR count). The van der Waals surface area contributed by atoms with Crippen molar-refractivity contribution in [2.45, 2.75) is 13.8 Å². The molecule has 0 atom stereocenters. The van der Waals surface area contributed by atoms with E-state index in [1.165, 1.54) is 14.2 Å². The van der Waals surface area contributed by atoms with E-state index < -0.39 is 11.8 Å². The SMILES string of the molecule is CCON(C(=O)c1ccc(OC)cc1)N(OCC)C(=O)c1ccc(OC)cc1. The van der Waals surface area contributed by atoms with Crippen molar-refractivity contribution in [2.75, 3.05) is 27.4 Å². The number of hydrogen-bond donors (Lipinski definition) is 0.